The van der Waals surface area contributed by atoms with Crippen LogP contribution in [0.4, 0.5) is 8.78 Å². The average Bonchev–Trinajstić information content (AvgIpc) is 3.34. The lowest BCUT2D eigenvalue weighted by Gasteiger charge is -2.33. The van der Waals surface area contributed by atoms with Gasteiger partial charge in [-0.3, -0.25) is 9.48 Å². The molecule has 1 saturated carbocycles. The predicted molar refractivity (Wildman–Crippen MR) is 118 cm³/mol. The molecule has 2 aromatic carbocycles. The molecule has 6 nitrogen and oxygen atoms in total. The highest BCUT2D eigenvalue weighted by Gasteiger charge is 2.42. The number of aliphatic hydroxyl groups is 1. The fourth-order valence-corrected chi connectivity index (χ4v) is 4.59. The van der Waals surface area contributed by atoms with Crippen LogP contribution >= 0.6 is 0 Å². The van der Waals surface area contributed by atoms with Gasteiger partial charge in [-0.25, -0.2) is 8.78 Å². The molecule has 1 aliphatic heterocycles. The number of fused-ring (bicyclic) bond motifs is 1. The van der Waals surface area contributed by atoms with Crippen LogP contribution in [0.5, 0.6) is 5.75 Å². The van der Waals surface area contributed by atoms with E-state index in [0.29, 0.717) is 24.4 Å². The number of amides is 1. The van der Waals surface area contributed by atoms with Gasteiger partial charge in [0, 0.05) is 44.7 Å². The first-order valence-corrected chi connectivity index (χ1v) is 11.0. The number of aryl methyl sites for hydroxylation is 1. The monoisotopic (exact) mass is 453 g/mol. The summed E-state index contributed by atoms with van der Waals surface area (Å²) >= 11 is 0. The maximum Gasteiger partial charge on any atom is 0.258 e. The van der Waals surface area contributed by atoms with Crippen molar-refractivity contribution in [3.63, 3.8) is 0 Å². The van der Waals surface area contributed by atoms with Crippen molar-refractivity contribution in [3.05, 3.63) is 71.5 Å². The van der Waals surface area contributed by atoms with Crippen LogP contribution in [-0.4, -0.2) is 43.8 Å². The van der Waals surface area contributed by atoms with Crippen molar-refractivity contribution in [2.45, 2.75) is 50.5 Å². The predicted octanol–water partition coefficient (Wildman–Crippen LogP) is 4.17. The summed E-state index contributed by atoms with van der Waals surface area (Å²) in [5.74, 6) is -2.69. The van der Waals surface area contributed by atoms with E-state index in [4.69, 9.17) is 4.74 Å². The minimum absolute atomic E-state index is 0.0407. The number of alkyl halides is 2. The van der Waals surface area contributed by atoms with E-state index in [1.54, 1.807) is 21.7 Å². The average molecular weight is 453 g/mol. The van der Waals surface area contributed by atoms with Gasteiger partial charge in [0.05, 0.1) is 17.9 Å². The molecule has 8 heteroatoms. The Balaban J connectivity index is 1.29. The number of carbonyl (C=O) groups is 1. The van der Waals surface area contributed by atoms with Gasteiger partial charge in [0.2, 0.25) is 0 Å². The number of carbonyl (C=O) groups excluding carboxylic acids is 1. The summed E-state index contributed by atoms with van der Waals surface area (Å²) in [5, 5.41) is 14.3. The SMILES string of the molecule is Cn1cc(-c2ccc(CN3Cc4cccc(OC5CCC(F)(F)CC5O)c4C3=O)cc2)cn1. The lowest BCUT2D eigenvalue weighted by Crippen LogP contribution is -2.42. The number of aromatic nitrogens is 2. The minimum Gasteiger partial charge on any atom is -0.487 e. The summed E-state index contributed by atoms with van der Waals surface area (Å²) in [4.78, 5) is 14.9. The summed E-state index contributed by atoms with van der Waals surface area (Å²) in [7, 11) is 1.87. The molecule has 33 heavy (non-hydrogen) atoms. The van der Waals surface area contributed by atoms with Crippen molar-refractivity contribution in [1.82, 2.24) is 14.7 Å². The lowest BCUT2D eigenvalue weighted by atomic mass is 9.91. The summed E-state index contributed by atoms with van der Waals surface area (Å²) in [5.41, 5.74) is 4.36. The van der Waals surface area contributed by atoms with E-state index in [9.17, 15) is 18.7 Å². The number of rotatable bonds is 5. The highest BCUT2D eigenvalue weighted by molar-refractivity contribution is 6.01. The Bertz CT molecular complexity index is 1180. The van der Waals surface area contributed by atoms with E-state index in [-0.39, 0.29) is 18.7 Å². The van der Waals surface area contributed by atoms with Crippen LogP contribution in [0.1, 0.15) is 40.7 Å². The van der Waals surface area contributed by atoms with Crippen molar-refractivity contribution in [3.8, 4) is 16.9 Å². The number of nitrogens with zero attached hydrogens (tertiary/aromatic N) is 3. The molecule has 2 unspecified atom stereocenters. The summed E-state index contributed by atoms with van der Waals surface area (Å²) < 4.78 is 34.7. The maximum atomic E-state index is 13.5. The molecule has 3 aromatic rings. The standard InChI is InChI=1S/C25H25F2N3O3/c1-29-14-19(12-28-29)17-7-5-16(6-8-17)13-30-15-18-3-2-4-22(23(18)24(30)32)33-21-9-10-25(26,27)11-20(21)31/h2-8,12,14,20-21,31H,9-11,13,15H2,1H3. The molecule has 5 rings (SSSR count). The quantitative estimate of drug-likeness (QED) is 0.630. The number of halogens is 2. The van der Waals surface area contributed by atoms with Gasteiger partial charge in [-0.2, -0.15) is 5.10 Å². The van der Waals surface area contributed by atoms with Crippen LogP contribution in [-0.2, 0) is 20.1 Å². The largest absolute Gasteiger partial charge is 0.487 e. The van der Waals surface area contributed by atoms with E-state index in [1.165, 1.54) is 0 Å². The van der Waals surface area contributed by atoms with Gasteiger partial charge in [0.1, 0.15) is 11.9 Å². The summed E-state index contributed by atoms with van der Waals surface area (Å²) in [6, 6.07) is 13.3. The molecule has 0 radical (unpaired) electrons. The first-order chi connectivity index (χ1) is 15.8. The molecule has 1 fully saturated rings. The molecule has 2 atom stereocenters. The Kier molecular flexibility index (Phi) is 5.40. The van der Waals surface area contributed by atoms with E-state index >= 15 is 0 Å². The Morgan fingerprint density at radius 1 is 1.18 bits per heavy atom. The van der Waals surface area contributed by atoms with Crippen LogP contribution in [0.25, 0.3) is 11.1 Å². The van der Waals surface area contributed by atoms with E-state index in [1.807, 2.05) is 49.8 Å². The zero-order chi connectivity index (χ0) is 23.2. The van der Waals surface area contributed by atoms with Crippen LogP contribution < -0.4 is 4.74 Å². The first-order valence-electron chi connectivity index (χ1n) is 11.0. The van der Waals surface area contributed by atoms with Crippen molar-refractivity contribution >= 4 is 5.91 Å². The van der Waals surface area contributed by atoms with Crippen LogP contribution in [0, 0.1) is 0 Å². The third kappa shape index (κ3) is 4.35. The molecule has 172 valence electrons. The van der Waals surface area contributed by atoms with Gasteiger partial charge < -0.3 is 14.7 Å². The molecule has 1 amide bonds. The van der Waals surface area contributed by atoms with Crippen LogP contribution in [0.2, 0.25) is 0 Å². The van der Waals surface area contributed by atoms with Gasteiger partial charge in [-0.1, -0.05) is 36.4 Å². The molecule has 0 spiro atoms. The molecule has 1 aliphatic carbocycles. The van der Waals surface area contributed by atoms with Crippen LogP contribution in [0.15, 0.2) is 54.9 Å². The topological polar surface area (TPSA) is 67.6 Å². The fourth-order valence-electron chi connectivity index (χ4n) is 4.59. The summed E-state index contributed by atoms with van der Waals surface area (Å²) in [6.45, 7) is 0.888. The van der Waals surface area contributed by atoms with Crippen LogP contribution in [0.3, 0.4) is 0 Å². The van der Waals surface area contributed by atoms with Gasteiger partial charge in [-0.05, 0) is 29.2 Å². The maximum absolute atomic E-state index is 13.5. The molecular weight excluding hydrogens is 428 g/mol. The smallest absolute Gasteiger partial charge is 0.258 e. The van der Waals surface area contributed by atoms with Gasteiger partial charge in [-0.15, -0.1) is 0 Å². The Morgan fingerprint density at radius 3 is 2.67 bits per heavy atom. The van der Waals surface area contributed by atoms with Crippen molar-refractivity contribution in [2.24, 2.45) is 7.05 Å². The molecule has 0 saturated heterocycles. The number of hydrogen-bond acceptors (Lipinski definition) is 4. The molecule has 0 bridgehead atoms. The first kappa shape index (κ1) is 21.6. The van der Waals surface area contributed by atoms with Gasteiger partial charge in [0.15, 0.2) is 0 Å². The molecule has 2 aliphatic rings. The lowest BCUT2D eigenvalue weighted by molar-refractivity contribution is -0.114. The summed E-state index contributed by atoms with van der Waals surface area (Å²) in [6.07, 6.45) is 0.816. The fraction of sp³-hybridized carbons (Fsp3) is 0.360. The normalized spacial score (nSPS) is 21.8. The van der Waals surface area contributed by atoms with E-state index in [2.05, 4.69) is 5.10 Å². The number of aliphatic hydroxyl groups excluding tert-OH is 1. The zero-order valence-corrected chi connectivity index (χ0v) is 18.2. The van der Waals surface area contributed by atoms with E-state index < -0.39 is 24.6 Å². The van der Waals surface area contributed by atoms with Crippen molar-refractivity contribution in [1.29, 1.82) is 0 Å². The Hall–Kier alpha value is -3.26. The third-order valence-electron chi connectivity index (χ3n) is 6.35. The van der Waals surface area contributed by atoms with Crippen molar-refractivity contribution in [2.75, 3.05) is 0 Å². The highest BCUT2D eigenvalue weighted by Crippen LogP contribution is 2.38. The number of hydrogen-bond donors (Lipinski definition) is 1. The Labute approximate surface area is 190 Å². The molecule has 1 N–H and O–H groups in total. The minimum atomic E-state index is -2.88. The molecule has 1 aromatic heterocycles. The second kappa shape index (κ2) is 8.26. The molecule has 2 heterocycles. The number of benzene rings is 2. The second-order valence-corrected chi connectivity index (χ2v) is 8.87. The second-order valence-electron chi connectivity index (χ2n) is 8.87. The van der Waals surface area contributed by atoms with Gasteiger partial charge >= 0.3 is 0 Å². The van der Waals surface area contributed by atoms with Gasteiger partial charge in [0.25, 0.3) is 11.8 Å². The van der Waals surface area contributed by atoms with Crippen molar-refractivity contribution < 1.29 is 23.4 Å². The Morgan fingerprint density at radius 2 is 1.97 bits per heavy atom. The molecular formula is C25H25F2N3O3. The number of ether oxygens (including phenoxy) is 1. The highest BCUT2D eigenvalue weighted by atomic mass is 19.3. The third-order valence-corrected chi connectivity index (χ3v) is 6.35. The zero-order valence-electron chi connectivity index (χ0n) is 18.2. The van der Waals surface area contributed by atoms with E-state index in [0.717, 1.165) is 22.3 Å².